The largest absolute Gasteiger partial charge is 0.348 e. The van der Waals surface area contributed by atoms with Crippen molar-refractivity contribution < 1.29 is 9.72 Å². The number of halogens is 1. The van der Waals surface area contributed by atoms with Gasteiger partial charge in [0.05, 0.1) is 4.92 Å². The van der Waals surface area contributed by atoms with E-state index >= 15 is 0 Å². The van der Waals surface area contributed by atoms with E-state index in [1.807, 2.05) is 0 Å². The fourth-order valence-electron chi connectivity index (χ4n) is 1.19. The summed E-state index contributed by atoms with van der Waals surface area (Å²) < 4.78 is 0. The molecule has 7 heteroatoms. The van der Waals surface area contributed by atoms with Crippen LogP contribution in [0.5, 0.6) is 0 Å². The van der Waals surface area contributed by atoms with Gasteiger partial charge in [0, 0.05) is 18.7 Å². The van der Waals surface area contributed by atoms with Gasteiger partial charge in [-0.15, -0.1) is 12.4 Å². The van der Waals surface area contributed by atoms with Gasteiger partial charge in [-0.1, -0.05) is 12.1 Å². The first-order valence-electron chi connectivity index (χ1n) is 4.80. The van der Waals surface area contributed by atoms with E-state index in [1.165, 1.54) is 18.2 Å². The molecule has 0 radical (unpaired) electrons. The van der Waals surface area contributed by atoms with Gasteiger partial charge in [-0.05, 0) is 13.0 Å². The molecule has 94 valence electrons. The van der Waals surface area contributed by atoms with Gasteiger partial charge >= 0.3 is 0 Å². The van der Waals surface area contributed by atoms with Crippen molar-refractivity contribution in [3.05, 3.63) is 39.9 Å². The van der Waals surface area contributed by atoms with Gasteiger partial charge in [-0.25, -0.2) is 0 Å². The van der Waals surface area contributed by atoms with Gasteiger partial charge in [0.1, 0.15) is 5.56 Å². The van der Waals surface area contributed by atoms with Gasteiger partial charge in [-0.2, -0.15) is 0 Å². The lowest BCUT2D eigenvalue weighted by Crippen LogP contribution is -2.38. The first-order valence-corrected chi connectivity index (χ1v) is 4.80. The predicted octanol–water partition coefficient (Wildman–Crippen LogP) is 1.09. The number of benzene rings is 1. The van der Waals surface area contributed by atoms with Gasteiger partial charge in [-0.3, -0.25) is 14.9 Å². The Morgan fingerprint density at radius 2 is 2.12 bits per heavy atom. The summed E-state index contributed by atoms with van der Waals surface area (Å²) >= 11 is 0. The number of para-hydroxylation sites is 1. The van der Waals surface area contributed by atoms with Crippen LogP contribution in [0, 0.1) is 10.1 Å². The maximum absolute atomic E-state index is 11.7. The van der Waals surface area contributed by atoms with Crippen LogP contribution in [-0.4, -0.2) is 23.4 Å². The number of hydrogen-bond acceptors (Lipinski definition) is 4. The van der Waals surface area contributed by atoms with Crippen molar-refractivity contribution in [2.75, 3.05) is 6.54 Å². The Morgan fingerprint density at radius 3 is 2.65 bits per heavy atom. The Balaban J connectivity index is 0.00000256. The van der Waals surface area contributed by atoms with Crippen LogP contribution in [0.1, 0.15) is 17.3 Å². The fourth-order valence-corrected chi connectivity index (χ4v) is 1.19. The SMILES string of the molecule is C[C@H](CN)NC(=O)c1ccccc1[N+](=O)[O-].Cl. The van der Waals surface area contributed by atoms with Gasteiger partial charge in [0.2, 0.25) is 0 Å². The first kappa shape index (κ1) is 15.3. The minimum atomic E-state index is -0.581. The van der Waals surface area contributed by atoms with Gasteiger partial charge in [0.25, 0.3) is 11.6 Å². The van der Waals surface area contributed by atoms with Crippen molar-refractivity contribution in [3.63, 3.8) is 0 Å². The lowest BCUT2D eigenvalue weighted by Gasteiger charge is -2.10. The van der Waals surface area contributed by atoms with Crippen LogP contribution in [0.2, 0.25) is 0 Å². The number of carbonyl (C=O) groups is 1. The van der Waals surface area contributed by atoms with Crippen molar-refractivity contribution in [3.8, 4) is 0 Å². The number of carbonyl (C=O) groups excluding carboxylic acids is 1. The van der Waals surface area contributed by atoms with Crippen LogP contribution in [0.25, 0.3) is 0 Å². The average Bonchev–Trinajstić information content (AvgIpc) is 2.28. The van der Waals surface area contributed by atoms with E-state index in [0.717, 1.165) is 0 Å². The second-order valence-corrected chi connectivity index (χ2v) is 3.38. The highest BCUT2D eigenvalue weighted by Crippen LogP contribution is 2.17. The molecule has 0 heterocycles. The molecule has 17 heavy (non-hydrogen) atoms. The van der Waals surface area contributed by atoms with E-state index < -0.39 is 10.8 Å². The molecular weight excluding hydrogens is 246 g/mol. The number of nitrogens with two attached hydrogens (primary N) is 1. The summed E-state index contributed by atoms with van der Waals surface area (Å²) in [5.74, 6) is -0.481. The standard InChI is InChI=1S/C10H13N3O3.ClH/c1-7(6-11)12-10(14)8-4-2-3-5-9(8)13(15)16;/h2-5,7H,6,11H2,1H3,(H,12,14);1H/t7-;/m1./s1. The summed E-state index contributed by atoms with van der Waals surface area (Å²) in [6, 6.07) is 5.59. The molecule has 1 rings (SSSR count). The molecule has 1 aromatic carbocycles. The summed E-state index contributed by atoms with van der Waals surface area (Å²) in [5, 5.41) is 13.3. The topological polar surface area (TPSA) is 98.3 Å². The Labute approximate surface area is 105 Å². The fraction of sp³-hybridized carbons (Fsp3) is 0.300. The molecule has 0 aliphatic heterocycles. The normalized spacial score (nSPS) is 11.2. The second kappa shape index (κ2) is 6.82. The number of nitro groups is 1. The van der Waals surface area contributed by atoms with E-state index in [9.17, 15) is 14.9 Å². The quantitative estimate of drug-likeness (QED) is 0.625. The zero-order chi connectivity index (χ0) is 12.1. The number of hydrogen-bond donors (Lipinski definition) is 2. The highest BCUT2D eigenvalue weighted by Gasteiger charge is 2.19. The molecule has 0 bridgehead atoms. The Morgan fingerprint density at radius 1 is 1.53 bits per heavy atom. The lowest BCUT2D eigenvalue weighted by atomic mass is 10.1. The summed E-state index contributed by atoms with van der Waals surface area (Å²) in [6.07, 6.45) is 0. The second-order valence-electron chi connectivity index (χ2n) is 3.38. The number of amides is 1. The molecule has 0 saturated carbocycles. The number of rotatable bonds is 4. The average molecular weight is 260 g/mol. The van der Waals surface area contributed by atoms with Crippen molar-refractivity contribution in [2.24, 2.45) is 5.73 Å². The smallest absolute Gasteiger partial charge is 0.282 e. The third-order valence-corrected chi connectivity index (χ3v) is 2.08. The minimum Gasteiger partial charge on any atom is -0.348 e. The third-order valence-electron chi connectivity index (χ3n) is 2.08. The summed E-state index contributed by atoms with van der Waals surface area (Å²) in [5.41, 5.74) is 5.19. The molecule has 0 saturated heterocycles. The van der Waals surface area contributed by atoms with Crippen LogP contribution < -0.4 is 11.1 Å². The molecule has 1 atom stereocenters. The molecule has 0 aliphatic carbocycles. The molecule has 0 spiro atoms. The minimum absolute atomic E-state index is 0. The van der Waals surface area contributed by atoms with E-state index in [1.54, 1.807) is 13.0 Å². The van der Waals surface area contributed by atoms with Crippen LogP contribution in [0.4, 0.5) is 5.69 Å². The number of nitro benzene ring substituents is 1. The first-order chi connectivity index (χ1) is 7.56. The van der Waals surface area contributed by atoms with Crippen molar-refractivity contribution in [1.29, 1.82) is 0 Å². The van der Waals surface area contributed by atoms with E-state index in [2.05, 4.69) is 5.32 Å². The maximum Gasteiger partial charge on any atom is 0.282 e. The molecule has 3 N–H and O–H groups in total. The van der Waals surface area contributed by atoms with Gasteiger partial charge in [0.15, 0.2) is 0 Å². The lowest BCUT2D eigenvalue weighted by molar-refractivity contribution is -0.385. The van der Waals surface area contributed by atoms with Crippen LogP contribution >= 0.6 is 12.4 Å². The zero-order valence-corrected chi connectivity index (χ0v) is 10.1. The zero-order valence-electron chi connectivity index (χ0n) is 9.25. The van der Waals surface area contributed by atoms with E-state index in [-0.39, 0.29) is 36.2 Å². The molecule has 1 aromatic rings. The van der Waals surface area contributed by atoms with Crippen molar-refractivity contribution in [1.82, 2.24) is 5.32 Å². The highest BCUT2D eigenvalue weighted by molar-refractivity contribution is 5.98. The van der Waals surface area contributed by atoms with Crippen LogP contribution in [0.15, 0.2) is 24.3 Å². The molecule has 0 aliphatic rings. The molecule has 0 unspecified atom stereocenters. The Bertz CT molecular complexity index is 412. The van der Waals surface area contributed by atoms with Gasteiger partial charge < -0.3 is 11.1 Å². The molecule has 0 aromatic heterocycles. The molecular formula is C10H14ClN3O3. The van der Waals surface area contributed by atoms with Crippen LogP contribution in [-0.2, 0) is 0 Å². The highest BCUT2D eigenvalue weighted by atomic mass is 35.5. The molecule has 0 fully saturated rings. The summed E-state index contributed by atoms with van der Waals surface area (Å²) in [7, 11) is 0. The van der Waals surface area contributed by atoms with Crippen LogP contribution in [0.3, 0.4) is 0 Å². The van der Waals surface area contributed by atoms with Crippen molar-refractivity contribution >= 4 is 24.0 Å². The predicted molar refractivity (Wildman–Crippen MR) is 66.3 cm³/mol. The molecule has 1 amide bonds. The van der Waals surface area contributed by atoms with E-state index in [0.29, 0.717) is 0 Å². The Hall–Kier alpha value is -1.66. The maximum atomic E-state index is 11.7. The monoisotopic (exact) mass is 259 g/mol. The van der Waals surface area contributed by atoms with Crippen molar-refractivity contribution in [2.45, 2.75) is 13.0 Å². The summed E-state index contributed by atoms with van der Waals surface area (Å²) in [4.78, 5) is 21.8. The Kier molecular flexibility index (Phi) is 6.16. The summed E-state index contributed by atoms with van der Waals surface area (Å²) in [6.45, 7) is 2.01. The third kappa shape index (κ3) is 4.01. The molecule has 6 nitrogen and oxygen atoms in total. The number of nitrogens with zero attached hydrogens (tertiary/aromatic N) is 1. The van der Waals surface area contributed by atoms with E-state index in [4.69, 9.17) is 5.73 Å². The number of nitrogens with one attached hydrogen (secondary N) is 1.